The van der Waals surface area contributed by atoms with E-state index in [0.717, 1.165) is 9.92 Å². The summed E-state index contributed by atoms with van der Waals surface area (Å²) < 4.78 is 15.3. The van der Waals surface area contributed by atoms with Crippen LogP contribution in [0.1, 0.15) is 0 Å². The third-order valence-electron chi connectivity index (χ3n) is 2.80. The summed E-state index contributed by atoms with van der Waals surface area (Å²) in [4.78, 5) is 16.2. The molecule has 0 aliphatic carbocycles. The molecule has 7 nitrogen and oxygen atoms in total. The number of methoxy groups -OCH3 is 3. The zero-order chi connectivity index (χ0) is 16.7. The quantitative estimate of drug-likeness (QED) is 0.785. The van der Waals surface area contributed by atoms with Crippen LogP contribution in [-0.2, 0) is 4.74 Å². The molecular weight excluding hydrogens is 318 g/mol. The van der Waals surface area contributed by atoms with E-state index in [9.17, 15) is 4.79 Å². The minimum Gasteiger partial charge on any atom is -0.495 e. The van der Waals surface area contributed by atoms with E-state index in [-0.39, 0.29) is 0 Å². The van der Waals surface area contributed by atoms with Crippen LogP contribution in [0.4, 0.5) is 10.5 Å². The Hall–Kier alpha value is -2.61. The van der Waals surface area contributed by atoms with Gasteiger partial charge in [0.05, 0.1) is 31.9 Å². The van der Waals surface area contributed by atoms with Crippen LogP contribution in [0.3, 0.4) is 0 Å². The van der Waals surface area contributed by atoms with Crippen molar-refractivity contribution >= 4 is 23.5 Å². The lowest BCUT2D eigenvalue weighted by Crippen LogP contribution is -2.29. The van der Waals surface area contributed by atoms with Crippen LogP contribution in [-0.4, -0.2) is 32.4 Å². The van der Waals surface area contributed by atoms with Crippen LogP contribution >= 0.6 is 11.8 Å². The van der Waals surface area contributed by atoms with Crippen molar-refractivity contribution < 1.29 is 19.0 Å². The highest BCUT2D eigenvalue weighted by molar-refractivity contribution is 7.99. The first-order valence-corrected chi connectivity index (χ1v) is 7.44. The van der Waals surface area contributed by atoms with Gasteiger partial charge in [-0.15, -0.1) is 0 Å². The lowest BCUT2D eigenvalue weighted by molar-refractivity contribution is 0.173. The number of carbonyl (C=O) groups is 1. The molecule has 0 bridgehead atoms. The van der Waals surface area contributed by atoms with Crippen molar-refractivity contribution in [3.8, 4) is 11.5 Å². The summed E-state index contributed by atoms with van der Waals surface area (Å²) in [5.74, 6) is 1.18. The number of hydrogen-bond donors (Lipinski definition) is 2. The Morgan fingerprint density at radius 3 is 2.35 bits per heavy atom. The van der Waals surface area contributed by atoms with E-state index in [1.165, 1.54) is 18.9 Å². The maximum absolute atomic E-state index is 11.1. The smallest absolute Gasteiger partial charge is 0.425 e. The van der Waals surface area contributed by atoms with Gasteiger partial charge < -0.3 is 14.2 Å². The second-order valence-electron chi connectivity index (χ2n) is 4.22. The van der Waals surface area contributed by atoms with Gasteiger partial charge in [-0.05, 0) is 12.1 Å². The first-order chi connectivity index (χ1) is 11.2. The largest absolute Gasteiger partial charge is 0.495 e. The van der Waals surface area contributed by atoms with Gasteiger partial charge >= 0.3 is 6.09 Å². The predicted molar refractivity (Wildman–Crippen MR) is 87.1 cm³/mol. The van der Waals surface area contributed by atoms with Gasteiger partial charge in [0.1, 0.15) is 16.5 Å². The highest BCUT2D eigenvalue weighted by atomic mass is 32.2. The standard InChI is InChI=1S/C15H17N3O4S/c1-20-11-8-10(17-18-15(19)22-3)9-12(21-2)14(11)23-13-6-4-5-7-16-13/h4-9,17H,1-3H3,(H,18,19). The third-order valence-corrected chi connectivity index (χ3v) is 3.86. The first kappa shape index (κ1) is 16.8. The Morgan fingerprint density at radius 2 is 1.83 bits per heavy atom. The fourth-order valence-corrected chi connectivity index (χ4v) is 2.69. The number of nitrogens with one attached hydrogen (secondary N) is 2. The van der Waals surface area contributed by atoms with Crippen molar-refractivity contribution in [2.24, 2.45) is 0 Å². The molecular formula is C15H17N3O4S. The normalized spacial score (nSPS) is 9.87. The summed E-state index contributed by atoms with van der Waals surface area (Å²) in [5.41, 5.74) is 5.70. The summed E-state index contributed by atoms with van der Waals surface area (Å²) in [6.45, 7) is 0. The molecule has 0 fully saturated rings. The minimum atomic E-state index is -0.602. The molecule has 2 N–H and O–H groups in total. The van der Waals surface area contributed by atoms with Crippen molar-refractivity contribution in [2.45, 2.75) is 9.92 Å². The molecule has 2 rings (SSSR count). The molecule has 0 radical (unpaired) electrons. The molecule has 23 heavy (non-hydrogen) atoms. The Labute approximate surface area is 138 Å². The molecule has 0 aliphatic rings. The van der Waals surface area contributed by atoms with Crippen molar-refractivity contribution in [1.82, 2.24) is 10.4 Å². The maximum Gasteiger partial charge on any atom is 0.425 e. The maximum atomic E-state index is 11.1. The van der Waals surface area contributed by atoms with E-state index in [2.05, 4.69) is 20.6 Å². The van der Waals surface area contributed by atoms with Crippen molar-refractivity contribution in [3.05, 3.63) is 36.5 Å². The molecule has 0 saturated heterocycles. The van der Waals surface area contributed by atoms with Gasteiger partial charge in [-0.2, -0.15) is 0 Å². The highest BCUT2D eigenvalue weighted by Crippen LogP contribution is 2.43. The molecule has 0 unspecified atom stereocenters. The summed E-state index contributed by atoms with van der Waals surface area (Å²) >= 11 is 1.43. The number of hydrogen-bond acceptors (Lipinski definition) is 7. The van der Waals surface area contributed by atoms with Gasteiger partial charge in [-0.25, -0.2) is 15.2 Å². The topological polar surface area (TPSA) is 81.7 Å². The Morgan fingerprint density at radius 1 is 1.13 bits per heavy atom. The number of rotatable bonds is 6. The predicted octanol–water partition coefficient (Wildman–Crippen LogP) is 2.93. The third kappa shape index (κ3) is 4.43. The van der Waals surface area contributed by atoms with Crippen LogP contribution < -0.4 is 20.3 Å². The lowest BCUT2D eigenvalue weighted by Gasteiger charge is -2.15. The van der Waals surface area contributed by atoms with Crippen molar-refractivity contribution in [1.29, 1.82) is 0 Å². The Kier molecular flexibility index (Phi) is 5.93. The van der Waals surface area contributed by atoms with Crippen LogP contribution in [0, 0.1) is 0 Å². The fourth-order valence-electron chi connectivity index (χ4n) is 1.74. The van der Waals surface area contributed by atoms with Crippen molar-refractivity contribution in [2.75, 3.05) is 26.8 Å². The number of hydrazine groups is 1. The van der Waals surface area contributed by atoms with Crippen LogP contribution in [0.15, 0.2) is 46.5 Å². The number of amides is 1. The number of ether oxygens (including phenoxy) is 3. The second kappa shape index (κ2) is 8.14. The minimum absolute atomic E-state index is 0.592. The van der Waals surface area contributed by atoms with Crippen LogP contribution in [0.5, 0.6) is 11.5 Å². The van der Waals surface area contributed by atoms with E-state index in [1.807, 2.05) is 18.2 Å². The molecule has 1 aromatic heterocycles. The van der Waals surface area contributed by atoms with Gasteiger partial charge in [-0.3, -0.25) is 5.43 Å². The molecule has 0 spiro atoms. The molecule has 0 aliphatic heterocycles. The van der Waals surface area contributed by atoms with E-state index >= 15 is 0 Å². The van der Waals surface area contributed by atoms with E-state index < -0.39 is 6.09 Å². The average Bonchev–Trinajstić information content (AvgIpc) is 2.60. The van der Waals surface area contributed by atoms with Gasteiger partial charge in [0.2, 0.25) is 0 Å². The Bertz CT molecular complexity index is 642. The van der Waals surface area contributed by atoms with E-state index in [1.54, 1.807) is 32.5 Å². The van der Waals surface area contributed by atoms with Crippen molar-refractivity contribution in [3.63, 3.8) is 0 Å². The zero-order valence-electron chi connectivity index (χ0n) is 13.0. The number of carbonyl (C=O) groups excluding carboxylic acids is 1. The molecule has 122 valence electrons. The summed E-state index contributed by atoms with van der Waals surface area (Å²) in [6, 6.07) is 9.14. The molecule has 1 aromatic carbocycles. The monoisotopic (exact) mass is 335 g/mol. The van der Waals surface area contributed by atoms with Crippen LogP contribution in [0.25, 0.3) is 0 Å². The zero-order valence-corrected chi connectivity index (χ0v) is 13.8. The molecule has 1 heterocycles. The molecule has 2 aromatic rings. The molecule has 0 atom stereocenters. The fraction of sp³-hybridized carbons (Fsp3) is 0.200. The summed E-state index contributed by atoms with van der Waals surface area (Å²) in [5, 5.41) is 0.817. The highest BCUT2D eigenvalue weighted by Gasteiger charge is 2.15. The first-order valence-electron chi connectivity index (χ1n) is 6.62. The number of aromatic nitrogens is 1. The molecule has 1 amide bonds. The second-order valence-corrected chi connectivity index (χ2v) is 5.25. The number of anilines is 1. The van der Waals surface area contributed by atoms with Gasteiger partial charge in [-0.1, -0.05) is 17.8 Å². The summed E-state index contributed by atoms with van der Waals surface area (Å²) in [6.07, 6.45) is 1.12. The van der Waals surface area contributed by atoms with Crippen LogP contribution in [0.2, 0.25) is 0 Å². The number of benzene rings is 1. The Balaban J connectivity index is 2.29. The number of nitrogens with zero attached hydrogens (tertiary/aromatic N) is 1. The molecule has 8 heteroatoms. The number of pyridine rings is 1. The van der Waals surface area contributed by atoms with E-state index in [4.69, 9.17) is 9.47 Å². The molecule has 0 saturated carbocycles. The van der Waals surface area contributed by atoms with Gasteiger partial charge in [0, 0.05) is 18.3 Å². The lowest BCUT2D eigenvalue weighted by atomic mass is 10.3. The summed E-state index contributed by atoms with van der Waals surface area (Å²) in [7, 11) is 4.41. The van der Waals surface area contributed by atoms with Gasteiger partial charge in [0.15, 0.2) is 0 Å². The SMILES string of the molecule is COC(=O)NNc1cc(OC)c(Sc2ccccn2)c(OC)c1. The average molecular weight is 335 g/mol. The van der Waals surface area contributed by atoms with Gasteiger partial charge in [0.25, 0.3) is 0 Å². The van der Waals surface area contributed by atoms with E-state index in [0.29, 0.717) is 17.2 Å².